The average molecular weight is 342 g/mol. The van der Waals surface area contributed by atoms with Crippen molar-refractivity contribution in [1.29, 1.82) is 0 Å². The predicted octanol–water partition coefficient (Wildman–Crippen LogP) is 6.77. The fraction of sp³-hybridized carbons (Fsp3) is 0.304. The zero-order valence-electron chi connectivity index (χ0n) is 16.2. The topological polar surface area (TPSA) is 32.3 Å². The van der Waals surface area contributed by atoms with Gasteiger partial charge >= 0.3 is 0 Å². The molecule has 2 aromatic rings. The molecule has 2 nitrogen and oxygen atoms in total. The molecule has 0 atom stereocenters. The molecule has 0 amide bonds. The number of phenols is 1. The Morgan fingerprint density at radius 1 is 0.880 bits per heavy atom. The number of hydrogen-bond acceptors (Lipinski definition) is 2. The van der Waals surface area contributed by atoms with Crippen LogP contribution in [0, 0.1) is 6.92 Å². The third kappa shape index (κ3) is 11.7. The van der Waals surface area contributed by atoms with E-state index in [2.05, 4.69) is 62.0 Å². The Kier molecular flexibility index (Phi) is 17.7. The second-order valence-electron chi connectivity index (χ2n) is 4.87. The zero-order valence-corrected chi connectivity index (χ0v) is 16.2. The van der Waals surface area contributed by atoms with E-state index in [-0.39, 0.29) is 0 Å². The highest BCUT2D eigenvalue weighted by molar-refractivity contribution is 5.50. The van der Waals surface area contributed by atoms with Crippen LogP contribution in [-0.4, -0.2) is 11.7 Å². The molecule has 138 valence electrons. The molecule has 0 aliphatic carbocycles. The highest BCUT2D eigenvalue weighted by Crippen LogP contribution is 2.20. The van der Waals surface area contributed by atoms with Crippen LogP contribution in [0.2, 0.25) is 0 Å². The molecular weight excluding hydrogens is 306 g/mol. The number of rotatable bonds is 6. The molecule has 0 saturated heterocycles. The second kappa shape index (κ2) is 17.9. The average Bonchev–Trinajstić information content (AvgIpc) is 2.70. The van der Waals surface area contributed by atoms with Gasteiger partial charge in [-0.05, 0) is 43.4 Å². The molecule has 0 heterocycles. The van der Waals surface area contributed by atoms with Gasteiger partial charge in [-0.15, -0.1) is 26.3 Å². The largest absolute Gasteiger partial charge is 0.508 e. The maximum atomic E-state index is 9.61. The standard InChI is InChI=1S/C17H21NO.C2H6.2C2H4/c1-14-10-11-16(13-17(14)19)18-12-6-5-9-15-7-3-2-4-8-15;3*1-2/h2-4,7-8,10-11,13,18-19H,5-6,9,12H2,1H3;1-2H3;2*1-2H2. The summed E-state index contributed by atoms with van der Waals surface area (Å²) in [5, 5.41) is 13.0. The van der Waals surface area contributed by atoms with Crippen molar-refractivity contribution in [2.75, 3.05) is 11.9 Å². The van der Waals surface area contributed by atoms with Crippen LogP contribution in [0.5, 0.6) is 5.75 Å². The Bertz CT molecular complexity index is 535. The minimum Gasteiger partial charge on any atom is -0.508 e. The lowest BCUT2D eigenvalue weighted by molar-refractivity contribution is 0.471. The molecule has 0 bridgehead atoms. The summed E-state index contributed by atoms with van der Waals surface area (Å²) in [4.78, 5) is 0. The fourth-order valence-electron chi connectivity index (χ4n) is 2.05. The van der Waals surface area contributed by atoms with Gasteiger partial charge in [0.25, 0.3) is 0 Å². The highest BCUT2D eigenvalue weighted by Gasteiger charge is 1.98. The Hall–Kier alpha value is -2.48. The minimum atomic E-state index is 0.356. The molecule has 0 fully saturated rings. The van der Waals surface area contributed by atoms with E-state index >= 15 is 0 Å². The van der Waals surface area contributed by atoms with E-state index in [0.717, 1.165) is 30.6 Å². The quantitative estimate of drug-likeness (QED) is 0.449. The van der Waals surface area contributed by atoms with Crippen molar-refractivity contribution in [3.8, 4) is 5.75 Å². The van der Waals surface area contributed by atoms with Gasteiger partial charge in [0, 0.05) is 18.3 Å². The highest BCUT2D eigenvalue weighted by atomic mass is 16.3. The third-order valence-electron chi connectivity index (χ3n) is 3.27. The summed E-state index contributed by atoms with van der Waals surface area (Å²) in [6.45, 7) is 18.8. The van der Waals surface area contributed by atoms with E-state index in [4.69, 9.17) is 0 Å². The molecule has 0 aliphatic rings. The molecule has 2 N–H and O–H groups in total. The van der Waals surface area contributed by atoms with Crippen LogP contribution in [0.4, 0.5) is 5.69 Å². The number of phenolic OH excluding ortho intramolecular Hbond substituents is 1. The number of hydrogen-bond donors (Lipinski definition) is 2. The molecule has 0 saturated carbocycles. The Morgan fingerprint density at radius 3 is 2.04 bits per heavy atom. The summed E-state index contributed by atoms with van der Waals surface area (Å²) in [5.74, 6) is 0.356. The predicted molar refractivity (Wildman–Crippen MR) is 115 cm³/mol. The van der Waals surface area contributed by atoms with Crippen molar-refractivity contribution in [3.05, 3.63) is 86.0 Å². The summed E-state index contributed by atoms with van der Waals surface area (Å²) in [6, 6.07) is 16.3. The first-order valence-corrected chi connectivity index (χ1v) is 8.83. The number of benzene rings is 2. The van der Waals surface area contributed by atoms with Crippen molar-refractivity contribution in [1.82, 2.24) is 0 Å². The fourth-order valence-corrected chi connectivity index (χ4v) is 2.05. The van der Waals surface area contributed by atoms with E-state index in [1.54, 1.807) is 6.07 Å². The molecule has 0 unspecified atom stereocenters. The SMILES string of the molecule is C=C.C=C.CC.Cc1ccc(NCCCCc2ccccc2)cc1O. The summed E-state index contributed by atoms with van der Waals surface area (Å²) >= 11 is 0. The van der Waals surface area contributed by atoms with Gasteiger partial charge in [0.15, 0.2) is 0 Å². The summed E-state index contributed by atoms with van der Waals surface area (Å²) in [6.07, 6.45) is 3.43. The summed E-state index contributed by atoms with van der Waals surface area (Å²) in [5.41, 5.74) is 3.30. The number of nitrogens with one attached hydrogen (secondary N) is 1. The minimum absolute atomic E-state index is 0.356. The number of aryl methyl sites for hydroxylation is 2. The van der Waals surface area contributed by atoms with Gasteiger partial charge in [-0.25, -0.2) is 0 Å². The van der Waals surface area contributed by atoms with Crippen molar-refractivity contribution in [3.63, 3.8) is 0 Å². The van der Waals surface area contributed by atoms with Crippen LogP contribution >= 0.6 is 0 Å². The Morgan fingerprint density at radius 2 is 1.48 bits per heavy atom. The maximum absolute atomic E-state index is 9.61. The van der Waals surface area contributed by atoms with Gasteiger partial charge in [0.1, 0.15) is 5.75 Å². The molecular formula is C23H35NO. The lowest BCUT2D eigenvalue weighted by Gasteiger charge is -2.08. The van der Waals surface area contributed by atoms with E-state index in [0.29, 0.717) is 5.75 Å². The lowest BCUT2D eigenvalue weighted by Crippen LogP contribution is -2.02. The van der Waals surface area contributed by atoms with Crippen molar-refractivity contribution >= 4 is 5.69 Å². The third-order valence-corrected chi connectivity index (χ3v) is 3.27. The lowest BCUT2D eigenvalue weighted by atomic mass is 10.1. The van der Waals surface area contributed by atoms with Gasteiger partial charge in [0.2, 0.25) is 0 Å². The zero-order chi connectivity index (χ0) is 19.5. The first-order valence-electron chi connectivity index (χ1n) is 8.83. The number of anilines is 1. The smallest absolute Gasteiger partial charge is 0.120 e. The molecule has 2 heteroatoms. The second-order valence-corrected chi connectivity index (χ2v) is 4.87. The van der Waals surface area contributed by atoms with Gasteiger partial charge in [0.05, 0.1) is 0 Å². The molecule has 2 aromatic carbocycles. The molecule has 0 spiro atoms. The van der Waals surface area contributed by atoms with E-state index < -0.39 is 0 Å². The first-order chi connectivity index (χ1) is 12.3. The van der Waals surface area contributed by atoms with Gasteiger partial charge in [-0.3, -0.25) is 0 Å². The maximum Gasteiger partial charge on any atom is 0.120 e. The van der Waals surface area contributed by atoms with E-state index in [9.17, 15) is 5.11 Å². The molecule has 0 radical (unpaired) electrons. The monoisotopic (exact) mass is 341 g/mol. The van der Waals surface area contributed by atoms with Crippen molar-refractivity contribution in [2.45, 2.75) is 40.0 Å². The Balaban J connectivity index is 0. The summed E-state index contributed by atoms with van der Waals surface area (Å²) < 4.78 is 0. The number of unbranched alkanes of at least 4 members (excludes halogenated alkanes) is 1. The van der Waals surface area contributed by atoms with Crippen LogP contribution in [0.1, 0.15) is 37.8 Å². The summed E-state index contributed by atoms with van der Waals surface area (Å²) in [7, 11) is 0. The van der Waals surface area contributed by atoms with Crippen LogP contribution in [0.3, 0.4) is 0 Å². The first kappa shape index (κ1) is 24.8. The molecule has 0 aliphatic heterocycles. The number of aromatic hydroxyl groups is 1. The van der Waals surface area contributed by atoms with E-state index in [1.165, 1.54) is 12.0 Å². The van der Waals surface area contributed by atoms with E-state index in [1.807, 2.05) is 32.9 Å². The molecule has 2 rings (SSSR count). The van der Waals surface area contributed by atoms with Gasteiger partial charge in [-0.2, -0.15) is 0 Å². The Labute approximate surface area is 154 Å². The van der Waals surface area contributed by atoms with Crippen molar-refractivity contribution < 1.29 is 5.11 Å². The van der Waals surface area contributed by atoms with Crippen LogP contribution in [-0.2, 0) is 6.42 Å². The van der Waals surface area contributed by atoms with Gasteiger partial charge < -0.3 is 10.4 Å². The van der Waals surface area contributed by atoms with Crippen molar-refractivity contribution in [2.24, 2.45) is 0 Å². The van der Waals surface area contributed by atoms with Crippen LogP contribution in [0.25, 0.3) is 0 Å². The van der Waals surface area contributed by atoms with Gasteiger partial charge in [-0.1, -0.05) is 50.2 Å². The molecule has 0 aromatic heterocycles. The van der Waals surface area contributed by atoms with Crippen LogP contribution < -0.4 is 5.32 Å². The molecule has 25 heavy (non-hydrogen) atoms. The normalized spacial score (nSPS) is 8.44. The van der Waals surface area contributed by atoms with Crippen LogP contribution in [0.15, 0.2) is 74.8 Å².